The molecule has 1 aromatic rings. The fourth-order valence-electron chi connectivity index (χ4n) is 0.885. The van der Waals surface area contributed by atoms with Gasteiger partial charge in [0.2, 0.25) is 6.08 Å². The van der Waals surface area contributed by atoms with Crippen molar-refractivity contribution in [3.05, 3.63) is 35.9 Å². The van der Waals surface area contributed by atoms with Crippen LogP contribution < -0.4 is 0 Å². The van der Waals surface area contributed by atoms with Gasteiger partial charge in [0.05, 0.1) is 6.54 Å². The van der Waals surface area contributed by atoms with E-state index in [0.717, 1.165) is 0 Å². The van der Waals surface area contributed by atoms with Crippen LogP contribution in [0.3, 0.4) is 0 Å². The molecule has 1 atom stereocenters. The fraction of sp³-hybridized carbons (Fsp3) is 0.222. The lowest BCUT2D eigenvalue weighted by atomic mass is 10.1. The summed E-state index contributed by atoms with van der Waals surface area (Å²) in [6.45, 7) is -0.145. The summed E-state index contributed by atoms with van der Waals surface area (Å²) in [5, 5.41) is 0. The quantitative estimate of drug-likeness (QED) is 0.497. The monoisotopic (exact) mass is 165 g/mol. The summed E-state index contributed by atoms with van der Waals surface area (Å²) < 4.78 is 13.0. The van der Waals surface area contributed by atoms with E-state index in [1.807, 2.05) is 0 Å². The summed E-state index contributed by atoms with van der Waals surface area (Å²) in [6, 6.07) is 8.61. The molecule has 0 aliphatic carbocycles. The highest BCUT2D eigenvalue weighted by molar-refractivity contribution is 5.33. The summed E-state index contributed by atoms with van der Waals surface area (Å²) in [4.78, 5) is 12.8. The van der Waals surface area contributed by atoms with E-state index in [-0.39, 0.29) is 6.54 Å². The largest absolute Gasteiger partial charge is 0.240 e. The normalized spacial score (nSPS) is 11.8. The molecule has 1 rings (SSSR count). The molecular weight excluding hydrogens is 157 g/mol. The first-order chi connectivity index (χ1) is 5.84. The SMILES string of the molecule is O=C=NCC(F)c1ccccc1. The van der Waals surface area contributed by atoms with Gasteiger partial charge in [0.1, 0.15) is 6.17 Å². The van der Waals surface area contributed by atoms with Crippen molar-refractivity contribution in [2.24, 2.45) is 4.99 Å². The molecule has 0 N–H and O–H groups in total. The van der Waals surface area contributed by atoms with Crippen molar-refractivity contribution in [3.8, 4) is 0 Å². The van der Waals surface area contributed by atoms with Crippen LogP contribution in [0, 0.1) is 0 Å². The lowest BCUT2D eigenvalue weighted by Crippen LogP contribution is -1.94. The zero-order chi connectivity index (χ0) is 8.81. The van der Waals surface area contributed by atoms with Gasteiger partial charge in [-0.25, -0.2) is 14.2 Å². The van der Waals surface area contributed by atoms with E-state index in [2.05, 4.69) is 4.99 Å². The highest BCUT2D eigenvalue weighted by Gasteiger charge is 2.06. The predicted octanol–water partition coefficient (Wildman–Crippen LogP) is 2.03. The Labute approximate surface area is 69.7 Å². The number of hydrogen-bond acceptors (Lipinski definition) is 2. The number of aliphatic imine (C=N–C) groups is 1. The summed E-state index contributed by atoms with van der Waals surface area (Å²) in [6.07, 6.45) is 0.102. The van der Waals surface area contributed by atoms with Crippen molar-refractivity contribution in [2.75, 3.05) is 6.54 Å². The van der Waals surface area contributed by atoms with Gasteiger partial charge in [0, 0.05) is 0 Å². The van der Waals surface area contributed by atoms with E-state index in [0.29, 0.717) is 5.56 Å². The maximum Gasteiger partial charge on any atom is 0.235 e. The fourth-order valence-corrected chi connectivity index (χ4v) is 0.885. The molecule has 0 saturated carbocycles. The van der Waals surface area contributed by atoms with Crippen molar-refractivity contribution >= 4 is 6.08 Å². The molecule has 1 unspecified atom stereocenters. The van der Waals surface area contributed by atoms with E-state index in [1.54, 1.807) is 30.3 Å². The zero-order valence-corrected chi connectivity index (χ0v) is 6.40. The molecule has 1 aromatic carbocycles. The van der Waals surface area contributed by atoms with Crippen LogP contribution in [0.4, 0.5) is 4.39 Å². The molecule has 0 aliphatic heterocycles. The molecule has 12 heavy (non-hydrogen) atoms. The minimum Gasteiger partial charge on any atom is -0.240 e. The predicted molar refractivity (Wildman–Crippen MR) is 43.3 cm³/mol. The maximum atomic E-state index is 13.0. The molecule has 0 spiro atoms. The Kier molecular flexibility index (Phi) is 3.17. The number of rotatable bonds is 3. The van der Waals surface area contributed by atoms with Gasteiger partial charge in [-0.3, -0.25) is 0 Å². The van der Waals surface area contributed by atoms with E-state index >= 15 is 0 Å². The lowest BCUT2D eigenvalue weighted by molar-refractivity contribution is 0.353. The van der Waals surface area contributed by atoms with Gasteiger partial charge in [-0.2, -0.15) is 0 Å². The second-order valence-electron chi connectivity index (χ2n) is 2.31. The molecule has 2 nitrogen and oxygen atoms in total. The number of isocyanates is 1. The molecule has 0 radical (unpaired) electrons. The Morgan fingerprint density at radius 1 is 1.42 bits per heavy atom. The van der Waals surface area contributed by atoms with E-state index in [9.17, 15) is 9.18 Å². The minimum absolute atomic E-state index is 0.145. The standard InChI is InChI=1S/C9H8FNO/c10-9(6-11-7-12)8-4-2-1-3-5-8/h1-5,9H,6H2. The van der Waals surface area contributed by atoms with E-state index in [1.165, 1.54) is 6.08 Å². The van der Waals surface area contributed by atoms with Crippen molar-refractivity contribution in [1.82, 2.24) is 0 Å². The Balaban J connectivity index is 2.65. The number of carbonyl (C=O) groups excluding carboxylic acids is 1. The highest BCUT2D eigenvalue weighted by atomic mass is 19.1. The maximum absolute atomic E-state index is 13.0. The first-order valence-electron chi connectivity index (χ1n) is 3.57. The van der Waals surface area contributed by atoms with Gasteiger partial charge < -0.3 is 0 Å². The average Bonchev–Trinajstić information content (AvgIpc) is 2.15. The molecule has 3 heteroatoms. The third-order valence-electron chi connectivity index (χ3n) is 1.48. The summed E-state index contributed by atoms with van der Waals surface area (Å²) in [7, 11) is 0. The molecule has 62 valence electrons. The van der Waals surface area contributed by atoms with Crippen LogP contribution >= 0.6 is 0 Å². The lowest BCUT2D eigenvalue weighted by Gasteiger charge is -2.02. The van der Waals surface area contributed by atoms with Crippen molar-refractivity contribution < 1.29 is 9.18 Å². The molecule has 0 heterocycles. The second kappa shape index (κ2) is 4.42. The molecule has 0 saturated heterocycles. The number of hydrogen-bond donors (Lipinski definition) is 0. The summed E-state index contributed by atoms with van der Waals surface area (Å²) >= 11 is 0. The van der Waals surface area contributed by atoms with Gasteiger partial charge in [0.25, 0.3) is 0 Å². The number of nitrogens with zero attached hydrogens (tertiary/aromatic N) is 1. The van der Waals surface area contributed by atoms with Crippen LogP contribution in [0.25, 0.3) is 0 Å². The Bertz CT molecular complexity index is 280. The molecular formula is C9H8FNO. The first kappa shape index (κ1) is 8.62. The van der Waals surface area contributed by atoms with Gasteiger partial charge in [0.15, 0.2) is 0 Å². The number of alkyl halides is 1. The number of halogens is 1. The topological polar surface area (TPSA) is 29.4 Å². The Morgan fingerprint density at radius 3 is 2.67 bits per heavy atom. The van der Waals surface area contributed by atoms with Crippen LogP contribution in [0.5, 0.6) is 0 Å². The molecule has 0 aromatic heterocycles. The average molecular weight is 165 g/mol. The van der Waals surface area contributed by atoms with Crippen molar-refractivity contribution in [1.29, 1.82) is 0 Å². The second-order valence-corrected chi connectivity index (χ2v) is 2.31. The zero-order valence-electron chi connectivity index (χ0n) is 6.40. The first-order valence-corrected chi connectivity index (χ1v) is 3.57. The van der Waals surface area contributed by atoms with Gasteiger partial charge >= 0.3 is 0 Å². The Hall–Kier alpha value is -1.47. The van der Waals surface area contributed by atoms with Crippen molar-refractivity contribution in [3.63, 3.8) is 0 Å². The van der Waals surface area contributed by atoms with Crippen LogP contribution in [0.2, 0.25) is 0 Å². The number of benzene rings is 1. The van der Waals surface area contributed by atoms with E-state index < -0.39 is 6.17 Å². The van der Waals surface area contributed by atoms with Crippen LogP contribution in [-0.4, -0.2) is 12.6 Å². The van der Waals surface area contributed by atoms with Gasteiger partial charge in [-0.15, -0.1) is 0 Å². The third kappa shape index (κ3) is 2.29. The Morgan fingerprint density at radius 2 is 2.08 bits per heavy atom. The van der Waals surface area contributed by atoms with Crippen LogP contribution in [-0.2, 0) is 4.79 Å². The van der Waals surface area contributed by atoms with Crippen LogP contribution in [0.1, 0.15) is 11.7 Å². The third-order valence-corrected chi connectivity index (χ3v) is 1.48. The van der Waals surface area contributed by atoms with Crippen LogP contribution in [0.15, 0.2) is 35.3 Å². The molecule has 0 amide bonds. The molecule has 0 fully saturated rings. The smallest absolute Gasteiger partial charge is 0.235 e. The summed E-state index contributed by atoms with van der Waals surface area (Å²) in [5.74, 6) is 0. The molecule has 0 bridgehead atoms. The van der Waals surface area contributed by atoms with Crippen molar-refractivity contribution in [2.45, 2.75) is 6.17 Å². The summed E-state index contributed by atoms with van der Waals surface area (Å²) in [5.41, 5.74) is 0.538. The highest BCUT2D eigenvalue weighted by Crippen LogP contribution is 2.16. The minimum atomic E-state index is -1.20. The van der Waals surface area contributed by atoms with E-state index in [4.69, 9.17) is 0 Å². The van der Waals surface area contributed by atoms with Gasteiger partial charge in [-0.05, 0) is 5.56 Å². The molecule has 0 aliphatic rings. The van der Waals surface area contributed by atoms with Gasteiger partial charge in [-0.1, -0.05) is 30.3 Å².